The SMILES string of the molecule is COc1cccc(-c2ncnn2C2=C(C#N)C3CCCCCC3S2)c1OC. The van der Waals surface area contributed by atoms with Crippen molar-refractivity contribution < 1.29 is 9.47 Å². The monoisotopic (exact) mass is 382 g/mol. The van der Waals surface area contributed by atoms with Crippen LogP contribution in [0.1, 0.15) is 32.1 Å². The minimum Gasteiger partial charge on any atom is -0.493 e. The van der Waals surface area contributed by atoms with E-state index in [9.17, 15) is 5.26 Å². The molecule has 0 N–H and O–H groups in total. The molecule has 1 aliphatic heterocycles. The number of benzene rings is 1. The zero-order valence-electron chi connectivity index (χ0n) is 15.5. The lowest BCUT2D eigenvalue weighted by Gasteiger charge is -2.15. The maximum Gasteiger partial charge on any atom is 0.171 e. The summed E-state index contributed by atoms with van der Waals surface area (Å²) in [5.41, 5.74) is 1.65. The summed E-state index contributed by atoms with van der Waals surface area (Å²) < 4.78 is 12.8. The van der Waals surface area contributed by atoms with Crippen molar-refractivity contribution in [3.05, 3.63) is 30.1 Å². The van der Waals surface area contributed by atoms with Gasteiger partial charge in [0.2, 0.25) is 0 Å². The van der Waals surface area contributed by atoms with Gasteiger partial charge in [0, 0.05) is 11.2 Å². The van der Waals surface area contributed by atoms with Crippen LogP contribution in [-0.2, 0) is 0 Å². The number of thioether (sulfide) groups is 1. The van der Waals surface area contributed by atoms with Gasteiger partial charge in [0.15, 0.2) is 17.3 Å². The minimum atomic E-state index is 0.321. The third kappa shape index (κ3) is 3.08. The van der Waals surface area contributed by atoms with Crippen LogP contribution in [0.4, 0.5) is 0 Å². The van der Waals surface area contributed by atoms with Crippen LogP contribution in [0.5, 0.6) is 11.5 Å². The number of rotatable bonds is 4. The van der Waals surface area contributed by atoms with E-state index in [1.54, 1.807) is 30.7 Å². The second-order valence-electron chi connectivity index (χ2n) is 6.77. The summed E-state index contributed by atoms with van der Waals surface area (Å²) in [4.78, 5) is 4.48. The Morgan fingerprint density at radius 1 is 1.19 bits per heavy atom. The lowest BCUT2D eigenvalue weighted by atomic mass is 9.93. The molecular weight excluding hydrogens is 360 g/mol. The molecule has 1 aliphatic carbocycles. The van der Waals surface area contributed by atoms with Gasteiger partial charge in [0.1, 0.15) is 11.4 Å². The lowest BCUT2D eigenvalue weighted by Crippen LogP contribution is -2.12. The molecule has 2 aromatic rings. The predicted octanol–water partition coefficient (Wildman–Crippen LogP) is 4.35. The number of nitriles is 1. The Morgan fingerprint density at radius 3 is 2.81 bits per heavy atom. The number of ether oxygens (including phenoxy) is 2. The van der Waals surface area contributed by atoms with Crippen LogP contribution >= 0.6 is 11.8 Å². The molecule has 1 saturated carbocycles. The summed E-state index contributed by atoms with van der Waals surface area (Å²) >= 11 is 1.78. The van der Waals surface area contributed by atoms with E-state index in [-0.39, 0.29) is 0 Å². The van der Waals surface area contributed by atoms with E-state index in [1.807, 2.05) is 18.2 Å². The van der Waals surface area contributed by atoms with Crippen LogP contribution in [0.15, 0.2) is 30.1 Å². The van der Waals surface area contributed by atoms with Crippen molar-refractivity contribution in [3.63, 3.8) is 0 Å². The maximum atomic E-state index is 9.88. The average molecular weight is 382 g/mol. The summed E-state index contributed by atoms with van der Waals surface area (Å²) in [5.74, 6) is 2.24. The van der Waals surface area contributed by atoms with E-state index >= 15 is 0 Å². The summed E-state index contributed by atoms with van der Waals surface area (Å²) in [6.07, 6.45) is 7.44. The molecule has 0 amide bonds. The van der Waals surface area contributed by atoms with E-state index in [2.05, 4.69) is 16.2 Å². The normalized spacial score (nSPS) is 22.1. The molecule has 2 unspecified atom stereocenters. The Morgan fingerprint density at radius 2 is 2.04 bits per heavy atom. The van der Waals surface area contributed by atoms with Crippen molar-refractivity contribution in [2.75, 3.05) is 14.2 Å². The molecule has 0 saturated heterocycles. The topological polar surface area (TPSA) is 73.0 Å². The summed E-state index contributed by atoms with van der Waals surface area (Å²) in [6, 6.07) is 8.17. The molecule has 140 valence electrons. The first-order valence-corrected chi connectivity index (χ1v) is 10.1. The number of allylic oxidation sites excluding steroid dienone is 1. The number of nitrogens with zero attached hydrogens (tertiary/aromatic N) is 4. The van der Waals surface area contributed by atoms with Crippen LogP contribution in [0.3, 0.4) is 0 Å². The van der Waals surface area contributed by atoms with Crippen molar-refractivity contribution in [2.45, 2.75) is 37.4 Å². The Kier molecular flexibility index (Phi) is 5.08. The Hall–Kier alpha value is -2.46. The molecule has 6 nitrogen and oxygen atoms in total. The Balaban J connectivity index is 1.81. The first-order chi connectivity index (χ1) is 13.3. The molecule has 2 aliphatic rings. The van der Waals surface area contributed by atoms with Crippen LogP contribution in [0, 0.1) is 17.2 Å². The van der Waals surface area contributed by atoms with Gasteiger partial charge in [-0.3, -0.25) is 0 Å². The van der Waals surface area contributed by atoms with Crippen molar-refractivity contribution in [1.29, 1.82) is 5.26 Å². The molecule has 1 aromatic carbocycles. The van der Waals surface area contributed by atoms with Gasteiger partial charge in [-0.25, -0.2) is 9.67 Å². The van der Waals surface area contributed by atoms with Gasteiger partial charge in [-0.1, -0.05) is 25.3 Å². The van der Waals surface area contributed by atoms with Crippen LogP contribution in [0.25, 0.3) is 16.4 Å². The molecule has 1 aromatic heterocycles. The van der Waals surface area contributed by atoms with Gasteiger partial charge >= 0.3 is 0 Å². The fourth-order valence-corrected chi connectivity index (χ4v) is 5.61. The summed E-state index contributed by atoms with van der Waals surface area (Å²) in [6.45, 7) is 0. The maximum absolute atomic E-state index is 9.88. The second-order valence-corrected chi connectivity index (χ2v) is 8.00. The molecule has 7 heteroatoms. The quantitative estimate of drug-likeness (QED) is 0.783. The molecular formula is C20H22N4O2S. The highest BCUT2D eigenvalue weighted by Gasteiger charge is 2.38. The first kappa shape index (κ1) is 17.9. The van der Waals surface area contributed by atoms with Crippen molar-refractivity contribution in [1.82, 2.24) is 14.8 Å². The molecule has 27 heavy (non-hydrogen) atoms. The van der Waals surface area contributed by atoms with Crippen molar-refractivity contribution in [3.8, 4) is 29.0 Å². The third-order valence-corrected chi connectivity index (χ3v) is 6.80. The highest BCUT2D eigenvalue weighted by molar-refractivity contribution is 8.08. The van der Waals surface area contributed by atoms with E-state index in [0.29, 0.717) is 28.5 Å². The summed E-state index contributed by atoms with van der Waals surface area (Å²) in [5, 5.41) is 15.7. The third-order valence-electron chi connectivity index (χ3n) is 5.32. The number of aromatic nitrogens is 3. The number of hydrogen-bond donors (Lipinski definition) is 0. The Labute approximate surface area is 163 Å². The first-order valence-electron chi connectivity index (χ1n) is 9.21. The number of hydrogen-bond acceptors (Lipinski definition) is 6. The van der Waals surface area contributed by atoms with Crippen LogP contribution in [0.2, 0.25) is 0 Å². The van der Waals surface area contributed by atoms with E-state index in [1.165, 1.54) is 25.6 Å². The number of methoxy groups -OCH3 is 2. The van der Waals surface area contributed by atoms with Crippen LogP contribution < -0.4 is 9.47 Å². The number of para-hydroxylation sites is 1. The molecule has 2 atom stereocenters. The standard InChI is InChI=1S/C20H22N4O2S/c1-25-16-9-6-8-14(18(16)26-2)19-22-12-23-24(19)20-15(11-21)13-7-4-3-5-10-17(13)27-20/h6,8-9,12-13,17H,3-5,7,10H2,1-2H3. The molecule has 0 radical (unpaired) electrons. The second kappa shape index (κ2) is 7.65. The van der Waals surface area contributed by atoms with E-state index in [4.69, 9.17) is 9.47 Å². The van der Waals surface area contributed by atoms with Crippen molar-refractivity contribution >= 4 is 16.8 Å². The minimum absolute atomic E-state index is 0.321. The molecule has 4 rings (SSSR count). The largest absolute Gasteiger partial charge is 0.493 e. The summed E-state index contributed by atoms with van der Waals surface area (Å²) in [7, 11) is 3.23. The van der Waals surface area contributed by atoms with Gasteiger partial charge in [-0.15, -0.1) is 11.8 Å². The highest BCUT2D eigenvalue weighted by Crippen LogP contribution is 2.50. The fraction of sp³-hybridized carbons (Fsp3) is 0.450. The Bertz CT molecular complexity index is 915. The molecule has 0 spiro atoms. The van der Waals surface area contributed by atoms with Crippen LogP contribution in [-0.4, -0.2) is 34.2 Å². The van der Waals surface area contributed by atoms with Gasteiger partial charge in [0.05, 0.1) is 31.4 Å². The van der Waals surface area contributed by atoms with Gasteiger partial charge in [-0.05, 0) is 25.0 Å². The highest BCUT2D eigenvalue weighted by atomic mass is 32.2. The molecule has 0 bridgehead atoms. The van der Waals surface area contributed by atoms with Gasteiger partial charge in [0.25, 0.3) is 0 Å². The van der Waals surface area contributed by atoms with Crippen molar-refractivity contribution in [2.24, 2.45) is 5.92 Å². The zero-order chi connectivity index (χ0) is 18.8. The molecule has 1 fully saturated rings. The lowest BCUT2D eigenvalue weighted by molar-refractivity contribution is 0.356. The smallest absolute Gasteiger partial charge is 0.171 e. The zero-order valence-corrected chi connectivity index (χ0v) is 16.3. The van der Waals surface area contributed by atoms with Gasteiger partial charge in [-0.2, -0.15) is 10.4 Å². The average Bonchev–Trinajstić information content (AvgIpc) is 3.25. The molecule has 2 heterocycles. The van der Waals surface area contributed by atoms with E-state index in [0.717, 1.165) is 29.0 Å². The predicted molar refractivity (Wildman–Crippen MR) is 105 cm³/mol. The fourth-order valence-electron chi connectivity index (χ4n) is 4.04. The van der Waals surface area contributed by atoms with Gasteiger partial charge < -0.3 is 9.47 Å². The van der Waals surface area contributed by atoms with E-state index < -0.39 is 0 Å². The number of fused-ring (bicyclic) bond motifs is 1.